The maximum Gasteiger partial charge on any atom is 0.142 e. The molecule has 4 N–H and O–H groups in total. The van der Waals surface area contributed by atoms with Crippen molar-refractivity contribution >= 4 is 34.2 Å². The van der Waals surface area contributed by atoms with E-state index in [4.69, 9.17) is 23.2 Å². The number of halogens is 3. The zero-order chi connectivity index (χ0) is 16.8. The van der Waals surface area contributed by atoms with Crippen LogP contribution >= 0.6 is 34.2 Å². The van der Waals surface area contributed by atoms with Gasteiger partial charge in [0.1, 0.15) is 11.0 Å². The summed E-state index contributed by atoms with van der Waals surface area (Å²) in [6.45, 7) is 1.77. The molecule has 5 nitrogen and oxygen atoms in total. The molecule has 1 aliphatic heterocycles. The Balaban J connectivity index is 2.08. The average Bonchev–Trinajstić information content (AvgIpc) is 2.73. The minimum Gasteiger partial charge on any atom is -0.273 e. The highest BCUT2D eigenvalue weighted by atomic mass is 35.5. The molecule has 1 aromatic carbocycles. The predicted octanol–water partition coefficient (Wildman–Crippen LogP) is 4.26. The van der Waals surface area contributed by atoms with Crippen LogP contribution in [0.15, 0.2) is 36.5 Å². The van der Waals surface area contributed by atoms with Gasteiger partial charge < -0.3 is 0 Å². The summed E-state index contributed by atoms with van der Waals surface area (Å²) in [5, 5.41) is 0.324. The summed E-state index contributed by atoms with van der Waals surface area (Å²) in [7, 11) is -3.25. The van der Waals surface area contributed by atoms with E-state index in [1.807, 2.05) is 0 Å². The van der Waals surface area contributed by atoms with Crippen LogP contribution in [0.2, 0.25) is 10.2 Å². The lowest BCUT2D eigenvalue weighted by Crippen LogP contribution is -2.38. The molecular formula is C14H14Cl2FN3O2S. The van der Waals surface area contributed by atoms with Crippen LogP contribution in [-0.4, -0.2) is 14.1 Å². The Kier molecular flexibility index (Phi) is 4.31. The SMILES string of the molecule is C[C@]1(c2ccc(Cl)nc2)NS(O)(O)N[C@H]1c1ccc(Cl)c(F)c1. The number of benzene rings is 1. The van der Waals surface area contributed by atoms with E-state index in [9.17, 15) is 13.5 Å². The van der Waals surface area contributed by atoms with Crippen LogP contribution in [-0.2, 0) is 5.54 Å². The summed E-state index contributed by atoms with van der Waals surface area (Å²) in [4.78, 5) is 4.02. The molecule has 2 aromatic rings. The number of pyridine rings is 1. The third-order valence-corrected chi connectivity index (χ3v) is 5.62. The van der Waals surface area contributed by atoms with Gasteiger partial charge in [0.2, 0.25) is 0 Å². The van der Waals surface area contributed by atoms with E-state index in [-0.39, 0.29) is 5.02 Å². The maximum absolute atomic E-state index is 13.8. The van der Waals surface area contributed by atoms with Gasteiger partial charge in [-0.1, -0.05) is 46.3 Å². The fraction of sp³-hybridized carbons (Fsp3) is 0.214. The first-order valence-corrected chi connectivity index (χ1v) is 8.93. The number of rotatable bonds is 2. The second kappa shape index (κ2) is 5.86. The van der Waals surface area contributed by atoms with Crippen molar-refractivity contribution in [1.29, 1.82) is 0 Å². The molecule has 0 amide bonds. The van der Waals surface area contributed by atoms with Crippen molar-refractivity contribution in [2.75, 3.05) is 0 Å². The van der Waals surface area contributed by atoms with Gasteiger partial charge in [0.15, 0.2) is 0 Å². The van der Waals surface area contributed by atoms with Crippen LogP contribution in [0.4, 0.5) is 4.39 Å². The van der Waals surface area contributed by atoms with Crippen LogP contribution in [0.1, 0.15) is 24.1 Å². The molecule has 1 aromatic heterocycles. The zero-order valence-corrected chi connectivity index (χ0v) is 14.3. The zero-order valence-electron chi connectivity index (χ0n) is 11.9. The van der Waals surface area contributed by atoms with Crippen molar-refractivity contribution in [1.82, 2.24) is 14.4 Å². The van der Waals surface area contributed by atoms with Crippen LogP contribution in [0.3, 0.4) is 0 Å². The molecule has 23 heavy (non-hydrogen) atoms. The van der Waals surface area contributed by atoms with Crippen LogP contribution < -0.4 is 9.44 Å². The number of nitrogens with zero attached hydrogens (tertiary/aromatic N) is 1. The maximum atomic E-state index is 13.8. The second-order valence-corrected chi connectivity index (χ2v) is 7.78. The molecule has 0 radical (unpaired) electrons. The smallest absolute Gasteiger partial charge is 0.142 e. The molecule has 1 saturated heterocycles. The minimum atomic E-state index is -3.25. The molecule has 0 aliphatic carbocycles. The van der Waals surface area contributed by atoms with Gasteiger partial charge in [-0.15, -0.1) is 0 Å². The third-order valence-electron chi connectivity index (χ3n) is 3.82. The van der Waals surface area contributed by atoms with E-state index in [2.05, 4.69) is 14.4 Å². The molecule has 1 aliphatic rings. The van der Waals surface area contributed by atoms with Crippen molar-refractivity contribution in [3.05, 3.63) is 63.6 Å². The first-order valence-electron chi connectivity index (χ1n) is 6.63. The van der Waals surface area contributed by atoms with E-state index in [1.165, 1.54) is 18.3 Å². The summed E-state index contributed by atoms with van der Waals surface area (Å²) in [6, 6.07) is 7.05. The highest BCUT2D eigenvalue weighted by molar-refractivity contribution is 8.21. The molecular weight excluding hydrogens is 364 g/mol. The predicted molar refractivity (Wildman–Crippen MR) is 89.9 cm³/mol. The molecule has 2 heterocycles. The number of nitrogens with one attached hydrogen (secondary N) is 2. The standard InChI is InChI=1S/C14H14Cl2FN3O2S/c1-14(9-3-5-12(16)18-7-9)13(19-23(21,22)20-14)8-2-4-10(15)11(17)6-8/h2-7,13,19-22H,1H3/t13-,14+/m0/s1. The lowest BCUT2D eigenvalue weighted by atomic mass is 9.83. The Labute approximate surface area is 144 Å². The van der Waals surface area contributed by atoms with E-state index in [1.54, 1.807) is 25.1 Å². The van der Waals surface area contributed by atoms with E-state index in [0.717, 1.165) is 0 Å². The van der Waals surface area contributed by atoms with Crippen molar-refractivity contribution in [2.24, 2.45) is 0 Å². The van der Waals surface area contributed by atoms with Gasteiger partial charge in [-0.3, -0.25) is 9.11 Å². The van der Waals surface area contributed by atoms with Gasteiger partial charge in [0.25, 0.3) is 0 Å². The number of aromatic nitrogens is 1. The van der Waals surface area contributed by atoms with Crippen LogP contribution in [0.25, 0.3) is 0 Å². The first kappa shape index (κ1) is 16.9. The second-order valence-electron chi connectivity index (χ2n) is 5.45. The molecule has 0 saturated carbocycles. The summed E-state index contributed by atoms with van der Waals surface area (Å²) >= 11 is 11.5. The quantitative estimate of drug-likeness (QED) is 0.588. The van der Waals surface area contributed by atoms with Gasteiger partial charge in [-0.05, 0) is 36.2 Å². The Bertz CT molecular complexity index is 747. The van der Waals surface area contributed by atoms with E-state index >= 15 is 0 Å². The molecule has 9 heteroatoms. The lowest BCUT2D eigenvalue weighted by Gasteiger charge is -2.31. The largest absolute Gasteiger partial charge is 0.273 e. The number of hydrogen-bond acceptors (Lipinski definition) is 5. The van der Waals surface area contributed by atoms with Gasteiger partial charge in [-0.25, -0.2) is 9.37 Å². The Hall–Kier alpha value is -0.930. The highest BCUT2D eigenvalue weighted by Crippen LogP contribution is 2.52. The minimum absolute atomic E-state index is 0.00109. The van der Waals surface area contributed by atoms with Crippen molar-refractivity contribution < 1.29 is 13.5 Å². The summed E-state index contributed by atoms with van der Waals surface area (Å²) < 4.78 is 39.4. The summed E-state index contributed by atoms with van der Waals surface area (Å²) in [5.41, 5.74) is 0.262. The fourth-order valence-corrected chi connectivity index (χ4v) is 4.48. The van der Waals surface area contributed by atoms with E-state index < -0.39 is 28.4 Å². The topological polar surface area (TPSA) is 77.4 Å². The molecule has 0 bridgehead atoms. The van der Waals surface area contributed by atoms with Gasteiger partial charge >= 0.3 is 0 Å². The highest BCUT2D eigenvalue weighted by Gasteiger charge is 2.48. The monoisotopic (exact) mass is 377 g/mol. The molecule has 0 unspecified atom stereocenters. The first-order chi connectivity index (χ1) is 10.7. The molecule has 124 valence electrons. The average molecular weight is 378 g/mol. The molecule has 3 rings (SSSR count). The molecule has 2 atom stereocenters. The van der Waals surface area contributed by atoms with Gasteiger partial charge in [0.05, 0.1) is 16.6 Å². The Morgan fingerprint density at radius 2 is 2.00 bits per heavy atom. The molecule has 0 spiro atoms. The van der Waals surface area contributed by atoms with Crippen LogP contribution in [0.5, 0.6) is 0 Å². The normalized spacial score (nSPS) is 27.8. The van der Waals surface area contributed by atoms with Crippen molar-refractivity contribution in [3.8, 4) is 0 Å². The fourth-order valence-electron chi connectivity index (χ4n) is 2.67. The van der Waals surface area contributed by atoms with Crippen molar-refractivity contribution in [3.63, 3.8) is 0 Å². The number of hydrogen-bond donors (Lipinski definition) is 4. The Morgan fingerprint density at radius 1 is 1.26 bits per heavy atom. The van der Waals surface area contributed by atoms with E-state index in [0.29, 0.717) is 16.3 Å². The van der Waals surface area contributed by atoms with Gasteiger partial charge in [0, 0.05) is 6.20 Å². The van der Waals surface area contributed by atoms with Crippen LogP contribution in [0, 0.1) is 5.82 Å². The molecule has 1 fully saturated rings. The Morgan fingerprint density at radius 3 is 2.61 bits per heavy atom. The summed E-state index contributed by atoms with van der Waals surface area (Å²) in [6.07, 6.45) is 1.54. The lowest BCUT2D eigenvalue weighted by molar-refractivity contribution is 0.375. The summed E-state index contributed by atoms with van der Waals surface area (Å²) in [5.74, 6) is -0.578. The van der Waals surface area contributed by atoms with Crippen molar-refractivity contribution in [2.45, 2.75) is 18.5 Å². The van der Waals surface area contributed by atoms with Gasteiger partial charge in [-0.2, -0.15) is 9.44 Å². The third kappa shape index (κ3) is 3.18.